The van der Waals surface area contributed by atoms with Crippen LogP contribution in [0.5, 0.6) is 0 Å². The molecule has 1 aromatic heterocycles. The molecule has 1 saturated heterocycles. The molecule has 4 rings (SSSR count). The summed E-state index contributed by atoms with van der Waals surface area (Å²) in [5.74, 6) is 0.142. The highest BCUT2D eigenvalue weighted by Gasteiger charge is 2.55. The molecule has 1 aliphatic carbocycles. The van der Waals surface area contributed by atoms with E-state index in [0.29, 0.717) is 5.02 Å². The summed E-state index contributed by atoms with van der Waals surface area (Å²) in [5, 5.41) is 19.7. The van der Waals surface area contributed by atoms with Crippen LogP contribution >= 0.6 is 11.6 Å². The maximum Gasteiger partial charge on any atom is 0.219 e. The van der Waals surface area contributed by atoms with Gasteiger partial charge in [-0.05, 0) is 43.2 Å². The van der Waals surface area contributed by atoms with E-state index in [4.69, 9.17) is 11.6 Å². The Labute approximate surface area is 139 Å². The summed E-state index contributed by atoms with van der Waals surface area (Å²) in [7, 11) is 0. The number of carbonyl (C=O) groups excluding carboxylic acids is 1. The van der Waals surface area contributed by atoms with Crippen molar-refractivity contribution in [3.8, 4) is 0 Å². The Hall–Kier alpha value is -1.59. The number of amides is 1. The minimum Gasteiger partial charge on any atom is -0.385 e. The quantitative estimate of drug-likeness (QED) is 0.843. The highest BCUT2D eigenvalue weighted by molar-refractivity contribution is 6.31. The van der Waals surface area contributed by atoms with Gasteiger partial charge in [-0.25, -0.2) is 0 Å². The average Bonchev–Trinajstić information content (AvgIpc) is 2.93. The lowest BCUT2D eigenvalue weighted by atomic mass is 9.53. The molecule has 2 aromatic rings. The van der Waals surface area contributed by atoms with Gasteiger partial charge in [0.25, 0.3) is 0 Å². The molecule has 1 aromatic carbocycles. The normalized spacial score (nSPS) is 22.3. The van der Waals surface area contributed by atoms with Crippen LogP contribution in [-0.4, -0.2) is 39.2 Å². The maximum atomic E-state index is 11.5. The summed E-state index contributed by atoms with van der Waals surface area (Å²) in [5.41, 5.74) is 1.01. The summed E-state index contributed by atoms with van der Waals surface area (Å²) in [6.45, 7) is 3.21. The van der Waals surface area contributed by atoms with E-state index in [1.54, 1.807) is 13.1 Å². The van der Waals surface area contributed by atoms with Gasteiger partial charge in [-0.1, -0.05) is 11.6 Å². The number of nitrogens with one attached hydrogen (secondary N) is 1. The van der Waals surface area contributed by atoms with Crippen LogP contribution in [0.25, 0.3) is 10.9 Å². The number of halogens is 1. The molecule has 5 nitrogen and oxygen atoms in total. The number of H-pyrrole nitrogens is 1. The zero-order chi connectivity index (χ0) is 16.2. The van der Waals surface area contributed by atoms with Crippen molar-refractivity contribution in [1.82, 2.24) is 15.1 Å². The second-order valence-corrected chi connectivity index (χ2v) is 7.62. The summed E-state index contributed by atoms with van der Waals surface area (Å²) in [6.07, 6.45) is 5.09. The van der Waals surface area contributed by atoms with Gasteiger partial charge in [-0.2, -0.15) is 5.10 Å². The Balaban J connectivity index is 1.58. The number of fused-ring (bicyclic) bond motifs is 1. The van der Waals surface area contributed by atoms with Crippen molar-refractivity contribution >= 4 is 28.4 Å². The molecule has 2 N–H and O–H groups in total. The van der Waals surface area contributed by atoms with Gasteiger partial charge in [-0.15, -0.1) is 0 Å². The first-order chi connectivity index (χ1) is 10.9. The molecule has 2 aliphatic rings. The smallest absolute Gasteiger partial charge is 0.219 e. The number of carbonyl (C=O) groups is 1. The predicted molar refractivity (Wildman–Crippen MR) is 88.2 cm³/mol. The molecule has 6 heteroatoms. The highest BCUT2D eigenvalue weighted by atomic mass is 35.5. The van der Waals surface area contributed by atoms with Crippen LogP contribution in [0, 0.1) is 5.41 Å². The summed E-state index contributed by atoms with van der Waals surface area (Å²) < 4.78 is 0. The number of piperidine rings is 1. The molecule has 1 amide bonds. The Kier molecular flexibility index (Phi) is 3.22. The van der Waals surface area contributed by atoms with E-state index in [1.165, 1.54) is 0 Å². The number of benzene rings is 1. The number of aromatic amines is 1. The van der Waals surface area contributed by atoms with Gasteiger partial charge in [0.05, 0.1) is 17.3 Å². The average molecular weight is 334 g/mol. The number of aromatic nitrogens is 2. The first-order valence-electron chi connectivity index (χ1n) is 8.02. The fourth-order valence-electron chi connectivity index (χ4n) is 4.42. The molecule has 0 atom stereocenters. The SMILES string of the molecule is CC(=O)N1CCC2(CC1)CC(O)(c1cc(Cl)cc3cn[nH]c13)C2. The van der Waals surface area contributed by atoms with E-state index in [-0.39, 0.29) is 11.3 Å². The minimum absolute atomic E-state index is 0.142. The van der Waals surface area contributed by atoms with Gasteiger partial charge >= 0.3 is 0 Å². The van der Waals surface area contributed by atoms with E-state index in [0.717, 1.165) is 55.2 Å². The Morgan fingerprint density at radius 1 is 1.35 bits per heavy atom. The maximum absolute atomic E-state index is 11.5. The molecule has 1 spiro atoms. The third-order valence-electron chi connectivity index (χ3n) is 5.62. The lowest BCUT2D eigenvalue weighted by molar-refractivity contribution is -0.160. The van der Waals surface area contributed by atoms with Crippen LogP contribution in [-0.2, 0) is 10.4 Å². The lowest BCUT2D eigenvalue weighted by Crippen LogP contribution is -2.55. The Morgan fingerprint density at radius 2 is 2.04 bits per heavy atom. The van der Waals surface area contributed by atoms with E-state index >= 15 is 0 Å². The fraction of sp³-hybridized carbons (Fsp3) is 0.529. The molecular formula is C17H20ClN3O2. The first-order valence-corrected chi connectivity index (χ1v) is 8.40. The Morgan fingerprint density at radius 3 is 2.70 bits per heavy atom. The molecule has 2 fully saturated rings. The van der Waals surface area contributed by atoms with E-state index in [9.17, 15) is 9.90 Å². The third-order valence-corrected chi connectivity index (χ3v) is 5.84. The van der Waals surface area contributed by atoms with Crippen LogP contribution in [0.1, 0.15) is 38.2 Å². The molecule has 122 valence electrons. The molecule has 2 heterocycles. The molecule has 0 unspecified atom stereocenters. The number of hydrogen-bond donors (Lipinski definition) is 2. The molecule has 0 bridgehead atoms. The van der Waals surface area contributed by atoms with Crippen molar-refractivity contribution in [2.24, 2.45) is 5.41 Å². The summed E-state index contributed by atoms with van der Waals surface area (Å²) in [6, 6.07) is 3.70. The zero-order valence-electron chi connectivity index (χ0n) is 13.1. The summed E-state index contributed by atoms with van der Waals surface area (Å²) in [4.78, 5) is 13.4. The van der Waals surface area contributed by atoms with Crippen molar-refractivity contribution in [1.29, 1.82) is 0 Å². The van der Waals surface area contributed by atoms with Crippen LogP contribution in [0.15, 0.2) is 18.3 Å². The number of rotatable bonds is 1. The molecule has 0 radical (unpaired) electrons. The van der Waals surface area contributed by atoms with Gasteiger partial charge in [-0.3, -0.25) is 9.89 Å². The lowest BCUT2D eigenvalue weighted by Gasteiger charge is -2.57. The second kappa shape index (κ2) is 4.95. The van der Waals surface area contributed by atoms with Crippen LogP contribution < -0.4 is 0 Å². The van der Waals surface area contributed by atoms with Crippen molar-refractivity contribution in [3.05, 3.63) is 28.9 Å². The first kappa shape index (κ1) is 15.0. The monoisotopic (exact) mass is 333 g/mol. The van der Waals surface area contributed by atoms with Gasteiger partial charge < -0.3 is 10.0 Å². The minimum atomic E-state index is -0.853. The van der Waals surface area contributed by atoms with Crippen LogP contribution in [0.2, 0.25) is 5.02 Å². The topological polar surface area (TPSA) is 69.2 Å². The van der Waals surface area contributed by atoms with Crippen molar-refractivity contribution < 1.29 is 9.90 Å². The van der Waals surface area contributed by atoms with E-state index in [1.807, 2.05) is 17.0 Å². The zero-order valence-corrected chi connectivity index (χ0v) is 13.9. The molecule has 23 heavy (non-hydrogen) atoms. The molecule has 1 aliphatic heterocycles. The van der Waals surface area contributed by atoms with Crippen LogP contribution in [0.4, 0.5) is 0 Å². The Bertz CT molecular complexity index is 769. The van der Waals surface area contributed by atoms with E-state index in [2.05, 4.69) is 10.2 Å². The van der Waals surface area contributed by atoms with Gasteiger partial charge in [0, 0.05) is 36.0 Å². The molecular weight excluding hydrogens is 314 g/mol. The van der Waals surface area contributed by atoms with Gasteiger partial charge in [0.2, 0.25) is 5.91 Å². The predicted octanol–water partition coefficient (Wildman–Crippen LogP) is 2.83. The summed E-state index contributed by atoms with van der Waals surface area (Å²) >= 11 is 6.20. The van der Waals surface area contributed by atoms with Crippen LogP contribution in [0.3, 0.4) is 0 Å². The van der Waals surface area contributed by atoms with E-state index < -0.39 is 5.60 Å². The number of aliphatic hydroxyl groups is 1. The standard InChI is InChI=1S/C17H20ClN3O2/c1-11(22)21-4-2-16(3-5-21)9-17(23,10-16)14-7-13(18)6-12-8-19-20-15(12)14/h6-8,23H,2-5,9-10H2,1H3,(H,19,20). The number of nitrogens with zero attached hydrogens (tertiary/aromatic N) is 2. The van der Waals surface area contributed by atoms with Crippen molar-refractivity contribution in [2.45, 2.75) is 38.2 Å². The third kappa shape index (κ3) is 2.34. The largest absolute Gasteiger partial charge is 0.385 e. The number of hydrogen-bond acceptors (Lipinski definition) is 3. The second-order valence-electron chi connectivity index (χ2n) is 7.18. The molecule has 1 saturated carbocycles. The van der Waals surface area contributed by atoms with Gasteiger partial charge in [0.15, 0.2) is 0 Å². The highest BCUT2D eigenvalue weighted by Crippen LogP contribution is 2.59. The fourth-order valence-corrected chi connectivity index (χ4v) is 4.64. The number of likely N-dealkylation sites (tertiary alicyclic amines) is 1. The van der Waals surface area contributed by atoms with Gasteiger partial charge in [0.1, 0.15) is 0 Å². The van der Waals surface area contributed by atoms with Crippen molar-refractivity contribution in [2.75, 3.05) is 13.1 Å². The van der Waals surface area contributed by atoms with Crippen molar-refractivity contribution in [3.63, 3.8) is 0 Å².